The molecule has 6 nitrogen and oxygen atoms in total. The first-order valence-corrected chi connectivity index (χ1v) is 9.58. The van der Waals surface area contributed by atoms with Crippen LogP contribution in [0.1, 0.15) is 11.1 Å². The lowest BCUT2D eigenvalue weighted by atomic mass is 10.2. The average molecular weight is 374 g/mol. The molecule has 0 unspecified atom stereocenters. The highest BCUT2D eigenvalue weighted by molar-refractivity contribution is 7.89. The quantitative estimate of drug-likeness (QED) is 0.547. The van der Waals surface area contributed by atoms with Crippen LogP contribution in [0.3, 0.4) is 0 Å². The van der Waals surface area contributed by atoms with Crippen molar-refractivity contribution in [3.8, 4) is 5.75 Å². The SMILES string of the molecule is CNS(=O)(=O)c1ccc(/C=C/C(=O)NCCOc2cccc(C)c2)cc1. The highest BCUT2D eigenvalue weighted by Crippen LogP contribution is 2.12. The molecular weight excluding hydrogens is 352 g/mol. The molecule has 2 rings (SSSR count). The molecule has 2 N–H and O–H groups in total. The predicted octanol–water partition coefficient (Wildman–Crippen LogP) is 2.11. The molecular formula is C19H22N2O4S. The van der Waals surface area contributed by atoms with Crippen molar-refractivity contribution in [3.63, 3.8) is 0 Å². The minimum absolute atomic E-state index is 0.176. The third-order valence-electron chi connectivity index (χ3n) is 3.55. The van der Waals surface area contributed by atoms with Gasteiger partial charge in [0.15, 0.2) is 0 Å². The standard InChI is InChI=1S/C19H22N2O4S/c1-15-4-3-5-17(14-15)25-13-12-21-19(22)11-8-16-6-9-18(10-7-16)26(23,24)20-2/h3-11,14,20H,12-13H2,1-2H3,(H,21,22)/b11-8+. The van der Waals surface area contributed by atoms with Gasteiger partial charge in [0.05, 0.1) is 11.4 Å². The maximum Gasteiger partial charge on any atom is 0.244 e. The molecule has 0 aliphatic rings. The molecule has 0 bridgehead atoms. The molecule has 2 aromatic carbocycles. The molecule has 0 heterocycles. The summed E-state index contributed by atoms with van der Waals surface area (Å²) in [7, 11) is -2.10. The van der Waals surface area contributed by atoms with Gasteiger partial charge in [-0.05, 0) is 55.4 Å². The van der Waals surface area contributed by atoms with Gasteiger partial charge in [0.25, 0.3) is 0 Å². The maximum absolute atomic E-state index is 11.8. The number of ether oxygens (including phenoxy) is 1. The second kappa shape index (κ2) is 9.17. The van der Waals surface area contributed by atoms with Gasteiger partial charge < -0.3 is 10.1 Å². The lowest BCUT2D eigenvalue weighted by Crippen LogP contribution is -2.26. The smallest absolute Gasteiger partial charge is 0.244 e. The van der Waals surface area contributed by atoms with E-state index in [1.54, 1.807) is 18.2 Å². The Balaban J connectivity index is 1.78. The molecule has 0 radical (unpaired) electrons. The number of sulfonamides is 1. The Morgan fingerprint density at radius 1 is 1.15 bits per heavy atom. The zero-order chi connectivity index (χ0) is 19.0. The molecule has 0 fully saturated rings. The van der Waals surface area contributed by atoms with Gasteiger partial charge in [-0.25, -0.2) is 13.1 Å². The summed E-state index contributed by atoms with van der Waals surface area (Å²) >= 11 is 0. The van der Waals surface area contributed by atoms with E-state index in [2.05, 4.69) is 10.0 Å². The Hall–Kier alpha value is -2.64. The third-order valence-corrected chi connectivity index (χ3v) is 4.98. The van der Waals surface area contributed by atoms with E-state index in [1.807, 2.05) is 31.2 Å². The van der Waals surface area contributed by atoms with Gasteiger partial charge in [0, 0.05) is 6.08 Å². The summed E-state index contributed by atoms with van der Waals surface area (Å²) < 4.78 is 31.1. The van der Waals surface area contributed by atoms with E-state index in [9.17, 15) is 13.2 Å². The molecule has 0 saturated carbocycles. The summed E-state index contributed by atoms with van der Waals surface area (Å²) in [6.45, 7) is 2.75. The average Bonchev–Trinajstić information content (AvgIpc) is 2.64. The first-order chi connectivity index (χ1) is 12.4. The van der Waals surface area contributed by atoms with Crippen LogP contribution in [0.25, 0.3) is 6.08 Å². The normalized spacial score (nSPS) is 11.5. The minimum atomic E-state index is -3.45. The number of carbonyl (C=O) groups excluding carboxylic acids is 1. The first-order valence-electron chi connectivity index (χ1n) is 8.10. The first kappa shape index (κ1) is 19.7. The molecule has 26 heavy (non-hydrogen) atoms. The number of rotatable bonds is 8. The van der Waals surface area contributed by atoms with Crippen LogP contribution in [0.4, 0.5) is 0 Å². The van der Waals surface area contributed by atoms with Crippen LogP contribution < -0.4 is 14.8 Å². The summed E-state index contributed by atoms with van der Waals surface area (Å²) in [4.78, 5) is 12.0. The number of hydrogen-bond acceptors (Lipinski definition) is 4. The van der Waals surface area contributed by atoms with E-state index in [1.165, 1.54) is 25.3 Å². The van der Waals surface area contributed by atoms with Crippen molar-refractivity contribution in [1.82, 2.24) is 10.0 Å². The lowest BCUT2D eigenvalue weighted by Gasteiger charge is -2.07. The van der Waals surface area contributed by atoms with Gasteiger partial charge in [-0.15, -0.1) is 0 Å². The van der Waals surface area contributed by atoms with Crippen LogP contribution in [-0.2, 0) is 14.8 Å². The molecule has 2 aromatic rings. The molecule has 0 spiro atoms. The topological polar surface area (TPSA) is 84.5 Å². The van der Waals surface area contributed by atoms with Crippen LogP contribution in [0, 0.1) is 6.92 Å². The molecule has 0 saturated heterocycles. The highest BCUT2D eigenvalue weighted by atomic mass is 32.2. The van der Waals surface area contributed by atoms with Crippen molar-refractivity contribution in [2.45, 2.75) is 11.8 Å². The number of benzene rings is 2. The van der Waals surface area contributed by atoms with Gasteiger partial charge in [0.1, 0.15) is 12.4 Å². The second-order valence-corrected chi connectivity index (χ2v) is 7.45. The van der Waals surface area contributed by atoms with Gasteiger partial charge in [-0.3, -0.25) is 4.79 Å². The molecule has 1 amide bonds. The van der Waals surface area contributed by atoms with E-state index < -0.39 is 10.0 Å². The zero-order valence-corrected chi connectivity index (χ0v) is 15.5. The Labute approximate surface area is 153 Å². The molecule has 0 aliphatic heterocycles. The van der Waals surface area contributed by atoms with Crippen LogP contribution in [0.15, 0.2) is 59.5 Å². The van der Waals surface area contributed by atoms with Crippen molar-refractivity contribution >= 4 is 22.0 Å². The Morgan fingerprint density at radius 3 is 2.54 bits per heavy atom. The summed E-state index contributed by atoms with van der Waals surface area (Å²) in [5.41, 5.74) is 1.84. The number of amides is 1. The Kier molecular flexibility index (Phi) is 6.94. The van der Waals surface area contributed by atoms with Gasteiger partial charge in [-0.1, -0.05) is 24.3 Å². The number of aryl methyl sites for hydroxylation is 1. The third kappa shape index (κ3) is 6.02. The molecule has 0 atom stereocenters. The highest BCUT2D eigenvalue weighted by Gasteiger charge is 2.09. The largest absolute Gasteiger partial charge is 0.492 e. The monoisotopic (exact) mass is 374 g/mol. The summed E-state index contributed by atoms with van der Waals surface area (Å²) in [5.74, 6) is 0.524. The second-order valence-electron chi connectivity index (χ2n) is 5.57. The van der Waals surface area contributed by atoms with Gasteiger partial charge in [0.2, 0.25) is 15.9 Å². The van der Waals surface area contributed by atoms with Gasteiger partial charge in [-0.2, -0.15) is 0 Å². The van der Waals surface area contributed by atoms with E-state index in [0.29, 0.717) is 13.2 Å². The number of nitrogens with one attached hydrogen (secondary N) is 2. The minimum Gasteiger partial charge on any atom is -0.492 e. The molecule has 0 aromatic heterocycles. The molecule has 7 heteroatoms. The summed E-state index contributed by atoms with van der Waals surface area (Å²) in [6.07, 6.45) is 3.01. The van der Waals surface area contributed by atoms with E-state index in [4.69, 9.17) is 4.74 Å². The fourth-order valence-electron chi connectivity index (χ4n) is 2.16. The number of carbonyl (C=O) groups is 1. The summed E-state index contributed by atoms with van der Waals surface area (Å²) in [6, 6.07) is 13.9. The van der Waals surface area contributed by atoms with E-state index >= 15 is 0 Å². The Bertz CT molecular complexity index is 875. The van der Waals surface area contributed by atoms with Crippen LogP contribution in [0.5, 0.6) is 5.75 Å². The van der Waals surface area contributed by atoms with Crippen LogP contribution in [0.2, 0.25) is 0 Å². The van der Waals surface area contributed by atoms with Crippen LogP contribution >= 0.6 is 0 Å². The lowest BCUT2D eigenvalue weighted by molar-refractivity contribution is -0.116. The summed E-state index contributed by atoms with van der Waals surface area (Å²) in [5, 5.41) is 2.73. The van der Waals surface area contributed by atoms with Crippen LogP contribution in [-0.4, -0.2) is 34.5 Å². The molecule has 138 valence electrons. The van der Waals surface area contributed by atoms with Crippen molar-refractivity contribution in [1.29, 1.82) is 0 Å². The van der Waals surface area contributed by atoms with Crippen molar-refractivity contribution < 1.29 is 17.9 Å². The predicted molar refractivity (Wildman–Crippen MR) is 101 cm³/mol. The maximum atomic E-state index is 11.8. The van der Waals surface area contributed by atoms with Crippen molar-refractivity contribution in [2.24, 2.45) is 0 Å². The van der Waals surface area contributed by atoms with E-state index in [0.717, 1.165) is 16.9 Å². The van der Waals surface area contributed by atoms with Gasteiger partial charge >= 0.3 is 0 Å². The molecule has 0 aliphatic carbocycles. The fourth-order valence-corrected chi connectivity index (χ4v) is 2.89. The van der Waals surface area contributed by atoms with Crippen molar-refractivity contribution in [2.75, 3.05) is 20.2 Å². The van der Waals surface area contributed by atoms with Crippen molar-refractivity contribution in [3.05, 3.63) is 65.7 Å². The Morgan fingerprint density at radius 2 is 1.88 bits per heavy atom. The van der Waals surface area contributed by atoms with E-state index in [-0.39, 0.29) is 10.8 Å². The number of hydrogen-bond donors (Lipinski definition) is 2. The fraction of sp³-hybridized carbons (Fsp3) is 0.211. The zero-order valence-electron chi connectivity index (χ0n) is 14.7.